The molecule has 3 N–H and O–H groups in total. The van der Waals surface area contributed by atoms with Crippen molar-refractivity contribution in [2.45, 2.75) is 18.0 Å². The first-order valence-corrected chi connectivity index (χ1v) is 8.56. The Kier molecular flexibility index (Phi) is 4.95. The minimum Gasteiger partial charge on any atom is -0.477 e. The topological polar surface area (TPSA) is 116 Å². The third-order valence-electron chi connectivity index (χ3n) is 3.93. The molecule has 0 aromatic heterocycles. The van der Waals surface area contributed by atoms with Crippen molar-refractivity contribution in [2.75, 3.05) is 12.4 Å². The van der Waals surface area contributed by atoms with E-state index in [0.29, 0.717) is 0 Å². The molecule has 0 radical (unpaired) electrons. The summed E-state index contributed by atoms with van der Waals surface area (Å²) in [6, 6.07) is 8.26. The molecule has 2 atom stereocenters. The number of benzene rings is 1. The number of alkyl carbamates (subject to hydrolysis) is 1. The summed E-state index contributed by atoms with van der Waals surface area (Å²) in [6.07, 6.45) is -0.740. The first-order valence-electron chi connectivity index (χ1n) is 7.51. The van der Waals surface area contributed by atoms with Crippen LogP contribution in [0.15, 0.2) is 41.6 Å². The standard InChI is InChI=1S/C16H16N2O6S/c19-6-10-8-25-14-11(13(20)18(14)12(10)15(21)22)17-16(23)24-7-9-4-2-1-3-5-9/h1-5,11,14,19H,6-8H2,(H,17,23)(H,21,22)/t11-,14-/m1/s1. The van der Waals surface area contributed by atoms with E-state index in [-0.39, 0.29) is 23.6 Å². The Balaban J connectivity index is 1.61. The number of rotatable bonds is 5. The molecule has 9 heteroatoms. The van der Waals surface area contributed by atoms with Gasteiger partial charge in [-0.1, -0.05) is 30.3 Å². The Morgan fingerprint density at radius 3 is 2.68 bits per heavy atom. The van der Waals surface area contributed by atoms with Crippen molar-refractivity contribution in [3.8, 4) is 0 Å². The van der Waals surface area contributed by atoms with Crippen LogP contribution in [-0.4, -0.2) is 56.9 Å². The van der Waals surface area contributed by atoms with E-state index >= 15 is 0 Å². The quantitative estimate of drug-likeness (QED) is 0.653. The molecule has 25 heavy (non-hydrogen) atoms. The van der Waals surface area contributed by atoms with Crippen molar-refractivity contribution < 1.29 is 29.3 Å². The van der Waals surface area contributed by atoms with Gasteiger partial charge < -0.3 is 20.3 Å². The number of carbonyl (C=O) groups is 3. The zero-order valence-corrected chi connectivity index (χ0v) is 13.9. The van der Waals surface area contributed by atoms with Crippen molar-refractivity contribution in [1.82, 2.24) is 10.2 Å². The molecule has 2 aliphatic rings. The maximum Gasteiger partial charge on any atom is 0.408 e. The summed E-state index contributed by atoms with van der Waals surface area (Å²) < 4.78 is 5.08. The lowest BCUT2D eigenvalue weighted by Gasteiger charge is -2.49. The fourth-order valence-corrected chi connectivity index (χ4v) is 4.03. The number of hydrogen-bond acceptors (Lipinski definition) is 6. The molecule has 0 aliphatic carbocycles. The molecule has 1 aromatic carbocycles. The van der Waals surface area contributed by atoms with Gasteiger partial charge in [0.2, 0.25) is 0 Å². The molecule has 1 aromatic rings. The zero-order valence-electron chi connectivity index (χ0n) is 13.0. The van der Waals surface area contributed by atoms with Crippen LogP contribution in [0.3, 0.4) is 0 Å². The number of carboxylic acid groups (broad SMARTS) is 1. The summed E-state index contributed by atoms with van der Waals surface area (Å²) in [5.74, 6) is -1.52. The highest BCUT2D eigenvalue weighted by Gasteiger charge is 2.54. The SMILES string of the molecule is O=C(N[C@@H]1C(=O)N2C(C(=O)O)=C(CO)CS[C@H]12)OCc1ccccc1. The smallest absolute Gasteiger partial charge is 0.408 e. The second-order valence-electron chi connectivity index (χ2n) is 5.51. The van der Waals surface area contributed by atoms with Crippen molar-refractivity contribution in [2.24, 2.45) is 0 Å². The minimum atomic E-state index is -1.27. The van der Waals surface area contributed by atoms with Crippen LogP contribution in [0.25, 0.3) is 0 Å². The number of fused-ring (bicyclic) bond motifs is 1. The van der Waals surface area contributed by atoms with Crippen LogP contribution in [0.5, 0.6) is 0 Å². The number of nitrogens with zero attached hydrogens (tertiary/aromatic N) is 1. The van der Waals surface area contributed by atoms with Crippen LogP contribution in [0.1, 0.15) is 5.56 Å². The average molecular weight is 364 g/mol. The van der Waals surface area contributed by atoms with Crippen LogP contribution in [0.2, 0.25) is 0 Å². The summed E-state index contributed by atoms with van der Waals surface area (Å²) in [5, 5.41) is 20.5. The molecule has 2 heterocycles. The van der Waals surface area contributed by atoms with Crippen molar-refractivity contribution in [3.05, 3.63) is 47.2 Å². The van der Waals surface area contributed by atoms with Gasteiger partial charge in [-0.3, -0.25) is 9.69 Å². The molecule has 1 saturated heterocycles. The van der Waals surface area contributed by atoms with Gasteiger partial charge in [0.15, 0.2) is 0 Å². The second kappa shape index (κ2) is 7.16. The Morgan fingerprint density at radius 1 is 1.32 bits per heavy atom. The number of carbonyl (C=O) groups excluding carboxylic acids is 2. The van der Waals surface area contributed by atoms with E-state index in [4.69, 9.17) is 4.74 Å². The Morgan fingerprint density at radius 2 is 2.04 bits per heavy atom. The van der Waals surface area contributed by atoms with Crippen LogP contribution in [-0.2, 0) is 20.9 Å². The Hall–Kier alpha value is -2.52. The molecular formula is C16H16N2O6S. The van der Waals surface area contributed by atoms with Gasteiger partial charge >= 0.3 is 12.1 Å². The molecule has 8 nitrogen and oxygen atoms in total. The number of aliphatic carboxylic acids is 1. The normalized spacial score (nSPS) is 22.1. The summed E-state index contributed by atoms with van der Waals surface area (Å²) in [6.45, 7) is -0.355. The van der Waals surface area contributed by atoms with E-state index in [2.05, 4.69) is 5.32 Å². The first-order chi connectivity index (χ1) is 12.0. The van der Waals surface area contributed by atoms with E-state index in [1.165, 1.54) is 11.8 Å². The molecular weight excluding hydrogens is 348 g/mol. The monoisotopic (exact) mass is 364 g/mol. The summed E-state index contributed by atoms with van der Waals surface area (Å²) in [5.41, 5.74) is 0.897. The average Bonchev–Trinajstić information content (AvgIpc) is 2.63. The number of carboxylic acids is 1. The number of ether oxygens (including phenoxy) is 1. The van der Waals surface area contributed by atoms with Gasteiger partial charge in [-0.05, 0) is 11.1 Å². The lowest BCUT2D eigenvalue weighted by atomic mass is 10.0. The number of nitrogens with one attached hydrogen (secondary N) is 1. The lowest BCUT2D eigenvalue weighted by molar-refractivity contribution is -0.149. The van der Waals surface area contributed by atoms with Crippen LogP contribution in [0, 0.1) is 0 Å². The number of amides is 2. The molecule has 2 amide bonds. The molecule has 3 rings (SSSR count). The summed E-state index contributed by atoms with van der Waals surface area (Å²) in [4.78, 5) is 36.6. The van der Waals surface area contributed by atoms with E-state index in [1.807, 2.05) is 18.2 Å². The maximum absolute atomic E-state index is 12.2. The largest absolute Gasteiger partial charge is 0.477 e. The minimum absolute atomic E-state index is 0.0735. The molecule has 2 aliphatic heterocycles. The molecule has 0 saturated carbocycles. The van der Waals surface area contributed by atoms with Gasteiger partial charge in [0.25, 0.3) is 5.91 Å². The molecule has 0 unspecified atom stereocenters. The van der Waals surface area contributed by atoms with Gasteiger partial charge in [0, 0.05) is 5.75 Å². The van der Waals surface area contributed by atoms with Crippen LogP contribution < -0.4 is 5.32 Å². The third-order valence-corrected chi connectivity index (χ3v) is 5.27. The fraction of sp³-hybridized carbons (Fsp3) is 0.312. The van der Waals surface area contributed by atoms with Gasteiger partial charge in [0.1, 0.15) is 23.7 Å². The van der Waals surface area contributed by atoms with E-state index in [9.17, 15) is 24.6 Å². The highest BCUT2D eigenvalue weighted by atomic mass is 32.2. The van der Waals surface area contributed by atoms with Crippen molar-refractivity contribution >= 4 is 29.7 Å². The Labute approximate surface area is 147 Å². The Bertz CT molecular complexity index is 735. The van der Waals surface area contributed by atoms with Gasteiger partial charge in [-0.2, -0.15) is 0 Å². The second-order valence-corrected chi connectivity index (χ2v) is 6.61. The van der Waals surface area contributed by atoms with E-state index in [1.54, 1.807) is 12.1 Å². The maximum atomic E-state index is 12.2. The molecule has 0 spiro atoms. The van der Waals surface area contributed by atoms with Crippen molar-refractivity contribution in [3.63, 3.8) is 0 Å². The summed E-state index contributed by atoms with van der Waals surface area (Å²) >= 11 is 1.29. The summed E-state index contributed by atoms with van der Waals surface area (Å²) in [7, 11) is 0. The number of aliphatic hydroxyl groups is 1. The van der Waals surface area contributed by atoms with Crippen molar-refractivity contribution in [1.29, 1.82) is 0 Å². The molecule has 132 valence electrons. The van der Waals surface area contributed by atoms with E-state index < -0.39 is 36.0 Å². The molecule has 1 fully saturated rings. The van der Waals surface area contributed by atoms with Crippen LogP contribution >= 0.6 is 11.8 Å². The fourth-order valence-electron chi connectivity index (χ4n) is 2.70. The van der Waals surface area contributed by atoms with E-state index in [0.717, 1.165) is 10.5 Å². The number of hydrogen-bond donors (Lipinski definition) is 3. The lowest BCUT2D eigenvalue weighted by Crippen LogP contribution is -2.70. The van der Waals surface area contributed by atoms with Crippen LogP contribution in [0.4, 0.5) is 4.79 Å². The number of aliphatic hydroxyl groups excluding tert-OH is 1. The predicted octanol–water partition coefficient (Wildman–Crippen LogP) is 0.527. The predicted molar refractivity (Wildman–Crippen MR) is 88.4 cm³/mol. The molecule has 0 bridgehead atoms. The first kappa shape index (κ1) is 17.3. The third kappa shape index (κ3) is 3.33. The zero-order chi connectivity index (χ0) is 18.0. The van der Waals surface area contributed by atoms with Gasteiger partial charge in [0.05, 0.1) is 6.61 Å². The number of β-lactam (4-membered cyclic amide) rings is 1. The highest BCUT2D eigenvalue weighted by Crippen LogP contribution is 2.40. The highest BCUT2D eigenvalue weighted by molar-refractivity contribution is 8.00. The number of thioether (sulfide) groups is 1. The van der Waals surface area contributed by atoms with Gasteiger partial charge in [-0.25, -0.2) is 9.59 Å². The van der Waals surface area contributed by atoms with Gasteiger partial charge in [-0.15, -0.1) is 11.8 Å².